The first-order valence-electron chi connectivity index (χ1n) is 6.87. The number of nitrogens with zero attached hydrogens (tertiary/aromatic N) is 4. The van der Waals surface area contributed by atoms with E-state index in [1.54, 1.807) is 11.0 Å². The van der Waals surface area contributed by atoms with Gasteiger partial charge in [-0.1, -0.05) is 0 Å². The second-order valence-corrected chi connectivity index (χ2v) is 5.33. The van der Waals surface area contributed by atoms with Gasteiger partial charge in [-0.25, -0.2) is 0 Å². The van der Waals surface area contributed by atoms with Crippen LogP contribution in [0.4, 0.5) is 0 Å². The number of carbonyl (C=O) groups is 1. The van der Waals surface area contributed by atoms with E-state index in [0.29, 0.717) is 18.7 Å². The fourth-order valence-electron chi connectivity index (χ4n) is 2.25. The highest BCUT2D eigenvalue weighted by atomic mass is 16.3. The minimum atomic E-state index is -0.114. The van der Waals surface area contributed by atoms with Crippen molar-refractivity contribution in [2.24, 2.45) is 0 Å². The summed E-state index contributed by atoms with van der Waals surface area (Å²) in [6.07, 6.45) is 2.83. The zero-order chi connectivity index (χ0) is 14.5. The molecule has 0 aromatic carbocycles. The lowest BCUT2D eigenvalue weighted by Crippen LogP contribution is -2.50. The van der Waals surface area contributed by atoms with Gasteiger partial charge in [0.25, 0.3) is 5.91 Å². The normalized spacial score (nSPS) is 16.6. The number of likely N-dealkylation sites (N-methyl/N-ethyl adjacent to an activating group) is 1. The molecule has 2 rings (SSSR count). The summed E-state index contributed by atoms with van der Waals surface area (Å²) in [5.41, 5.74) is 0.335. The number of hydrogen-bond acceptors (Lipinski definition) is 5. The zero-order valence-corrected chi connectivity index (χ0v) is 12.1. The van der Waals surface area contributed by atoms with E-state index in [2.05, 4.69) is 28.9 Å². The third kappa shape index (κ3) is 3.68. The molecule has 1 aromatic rings. The summed E-state index contributed by atoms with van der Waals surface area (Å²) < 4.78 is 0. The molecule has 0 saturated carbocycles. The van der Waals surface area contributed by atoms with Crippen molar-refractivity contribution in [2.45, 2.75) is 0 Å². The average Bonchev–Trinajstić information content (AvgIpc) is 2.45. The summed E-state index contributed by atoms with van der Waals surface area (Å²) in [5.74, 6) is -0.162. The first-order valence-corrected chi connectivity index (χ1v) is 6.87. The van der Waals surface area contributed by atoms with Gasteiger partial charge >= 0.3 is 0 Å². The number of amides is 1. The fraction of sp³-hybridized carbons (Fsp3) is 0.571. The van der Waals surface area contributed by atoms with Crippen LogP contribution in [-0.2, 0) is 0 Å². The third-order valence-electron chi connectivity index (χ3n) is 3.55. The van der Waals surface area contributed by atoms with Gasteiger partial charge in [-0.3, -0.25) is 14.7 Å². The van der Waals surface area contributed by atoms with Gasteiger partial charge in [0.15, 0.2) is 0 Å². The summed E-state index contributed by atoms with van der Waals surface area (Å²) in [6, 6.07) is 1.57. The predicted molar refractivity (Wildman–Crippen MR) is 76.8 cm³/mol. The molecule has 110 valence electrons. The Morgan fingerprint density at radius 3 is 2.65 bits per heavy atom. The van der Waals surface area contributed by atoms with Gasteiger partial charge in [0.2, 0.25) is 0 Å². The van der Waals surface area contributed by atoms with Gasteiger partial charge in [-0.15, -0.1) is 0 Å². The van der Waals surface area contributed by atoms with Crippen molar-refractivity contribution in [3.8, 4) is 5.75 Å². The van der Waals surface area contributed by atoms with Gasteiger partial charge in [0.05, 0.1) is 11.8 Å². The highest BCUT2D eigenvalue weighted by Crippen LogP contribution is 2.17. The van der Waals surface area contributed by atoms with E-state index < -0.39 is 0 Å². The molecule has 2 heterocycles. The Hall–Kier alpha value is -1.66. The predicted octanol–water partition coefficient (Wildman–Crippen LogP) is 0.107. The lowest BCUT2D eigenvalue weighted by molar-refractivity contribution is 0.0626. The Balaban J connectivity index is 1.88. The van der Waals surface area contributed by atoms with Crippen LogP contribution in [0.1, 0.15) is 10.4 Å². The first-order chi connectivity index (χ1) is 9.58. The van der Waals surface area contributed by atoms with Crippen LogP contribution in [0.5, 0.6) is 5.75 Å². The summed E-state index contributed by atoms with van der Waals surface area (Å²) >= 11 is 0. The van der Waals surface area contributed by atoms with Crippen molar-refractivity contribution >= 4 is 5.91 Å². The Bertz CT molecular complexity index is 456. The van der Waals surface area contributed by atoms with E-state index in [4.69, 9.17) is 0 Å². The van der Waals surface area contributed by atoms with Crippen molar-refractivity contribution in [2.75, 3.05) is 53.4 Å². The topological polar surface area (TPSA) is 59.9 Å². The highest BCUT2D eigenvalue weighted by Gasteiger charge is 2.23. The number of aromatic hydroxyl groups is 1. The maximum Gasteiger partial charge on any atom is 0.257 e. The van der Waals surface area contributed by atoms with Crippen molar-refractivity contribution in [3.05, 3.63) is 24.0 Å². The van der Waals surface area contributed by atoms with Crippen molar-refractivity contribution < 1.29 is 9.90 Å². The number of piperazine rings is 1. The number of aromatic nitrogens is 1. The van der Waals surface area contributed by atoms with E-state index >= 15 is 0 Å². The summed E-state index contributed by atoms with van der Waals surface area (Å²) in [4.78, 5) is 22.4. The second kappa shape index (κ2) is 6.67. The standard InChI is InChI=1S/C14H22N4O2/c1-16(2)5-6-17-7-9-18(10-8-17)14(20)12-3-4-15-11-13(12)19/h3-4,11,19H,5-10H2,1-2H3. The molecule has 0 bridgehead atoms. The Morgan fingerprint density at radius 2 is 2.05 bits per heavy atom. The number of carbonyl (C=O) groups excluding carboxylic acids is 1. The van der Waals surface area contributed by atoms with Crippen LogP contribution in [0.25, 0.3) is 0 Å². The van der Waals surface area contributed by atoms with E-state index in [1.165, 1.54) is 12.4 Å². The zero-order valence-electron chi connectivity index (χ0n) is 12.1. The molecule has 1 fully saturated rings. The van der Waals surface area contributed by atoms with E-state index in [-0.39, 0.29) is 11.7 Å². The molecule has 6 nitrogen and oxygen atoms in total. The van der Waals surface area contributed by atoms with Crippen LogP contribution in [0.15, 0.2) is 18.5 Å². The molecule has 1 amide bonds. The molecule has 1 saturated heterocycles. The molecule has 0 spiro atoms. The summed E-state index contributed by atoms with van der Waals surface area (Å²) in [6.45, 7) is 5.22. The van der Waals surface area contributed by atoms with Gasteiger partial charge in [0.1, 0.15) is 5.75 Å². The Kier molecular flexibility index (Phi) is 4.92. The van der Waals surface area contributed by atoms with Crippen molar-refractivity contribution in [1.29, 1.82) is 0 Å². The molecule has 0 atom stereocenters. The van der Waals surface area contributed by atoms with Gasteiger partial charge in [0, 0.05) is 45.5 Å². The molecule has 1 aliphatic rings. The molecule has 0 radical (unpaired) electrons. The molecule has 0 aliphatic carbocycles. The van der Waals surface area contributed by atoms with Crippen LogP contribution in [0, 0.1) is 0 Å². The number of hydrogen-bond donors (Lipinski definition) is 1. The third-order valence-corrected chi connectivity index (χ3v) is 3.55. The second-order valence-electron chi connectivity index (χ2n) is 5.33. The molecular weight excluding hydrogens is 256 g/mol. The Labute approximate surface area is 119 Å². The molecule has 1 aromatic heterocycles. The fourth-order valence-corrected chi connectivity index (χ4v) is 2.25. The lowest BCUT2D eigenvalue weighted by atomic mass is 10.2. The first kappa shape index (κ1) is 14.7. The molecule has 6 heteroatoms. The van der Waals surface area contributed by atoms with Gasteiger partial charge in [-0.2, -0.15) is 0 Å². The number of pyridine rings is 1. The van der Waals surface area contributed by atoms with Crippen LogP contribution < -0.4 is 0 Å². The molecule has 20 heavy (non-hydrogen) atoms. The van der Waals surface area contributed by atoms with Crippen LogP contribution in [-0.4, -0.2) is 84.1 Å². The van der Waals surface area contributed by atoms with E-state index in [1.807, 2.05) is 0 Å². The molecule has 1 aliphatic heterocycles. The largest absolute Gasteiger partial charge is 0.505 e. The molecule has 1 N–H and O–H groups in total. The van der Waals surface area contributed by atoms with Crippen LogP contribution in [0.3, 0.4) is 0 Å². The SMILES string of the molecule is CN(C)CCN1CCN(C(=O)c2ccncc2O)CC1. The average molecular weight is 278 g/mol. The molecule has 0 unspecified atom stereocenters. The van der Waals surface area contributed by atoms with Crippen molar-refractivity contribution in [1.82, 2.24) is 19.7 Å². The van der Waals surface area contributed by atoms with Gasteiger partial charge < -0.3 is 14.9 Å². The van der Waals surface area contributed by atoms with Gasteiger partial charge in [-0.05, 0) is 20.2 Å². The van der Waals surface area contributed by atoms with Crippen molar-refractivity contribution in [3.63, 3.8) is 0 Å². The smallest absolute Gasteiger partial charge is 0.257 e. The monoisotopic (exact) mass is 278 g/mol. The number of rotatable bonds is 4. The maximum atomic E-state index is 12.3. The summed E-state index contributed by atoms with van der Waals surface area (Å²) in [5, 5.41) is 9.68. The Morgan fingerprint density at radius 1 is 1.35 bits per heavy atom. The van der Waals surface area contributed by atoms with Crippen LogP contribution in [0.2, 0.25) is 0 Å². The van der Waals surface area contributed by atoms with Crippen LogP contribution >= 0.6 is 0 Å². The lowest BCUT2D eigenvalue weighted by Gasteiger charge is -2.35. The minimum Gasteiger partial charge on any atom is -0.505 e. The quantitative estimate of drug-likeness (QED) is 0.847. The van der Waals surface area contributed by atoms with E-state index in [0.717, 1.165) is 26.2 Å². The van der Waals surface area contributed by atoms with E-state index in [9.17, 15) is 9.90 Å². The molecular formula is C14H22N4O2. The maximum absolute atomic E-state index is 12.3. The highest BCUT2D eigenvalue weighted by molar-refractivity contribution is 5.96. The summed E-state index contributed by atoms with van der Waals surface area (Å²) in [7, 11) is 4.12. The minimum absolute atomic E-state index is 0.0486.